The van der Waals surface area contributed by atoms with E-state index in [1.54, 1.807) is 65.9 Å². The van der Waals surface area contributed by atoms with Gasteiger partial charge in [0, 0.05) is 5.75 Å². The highest BCUT2D eigenvalue weighted by Gasteiger charge is 2.47. The average molecular weight is 627 g/mol. The van der Waals surface area contributed by atoms with Crippen LogP contribution in [0, 0.1) is 0 Å². The molecule has 0 radical (unpaired) electrons. The number of hydrogen-bond acceptors (Lipinski definition) is 13. The van der Waals surface area contributed by atoms with Crippen molar-refractivity contribution >= 4 is 52.3 Å². The summed E-state index contributed by atoms with van der Waals surface area (Å²) in [7, 11) is -1.06. The first-order valence-electron chi connectivity index (χ1n) is 13.1. The van der Waals surface area contributed by atoms with Crippen LogP contribution in [-0.4, -0.2) is 72.6 Å². The molecule has 0 aliphatic carbocycles. The Morgan fingerprint density at radius 2 is 2.00 bits per heavy atom. The second-order valence-electron chi connectivity index (χ2n) is 9.56. The molecule has 1 aromatic carbocycles. The van der Waals surface area contributed by atoms with E-state index in [9.17, 15) is 14.5 Å². The molecule has 6 atom stereocenters. The van der Waals surface area contributed by atoms with Crippen LogP contribution in [0.2, 0.25) is 0 Å². The maximum absolute atomic E-state index is 13.9. The van der Waals surface area contributed by atoms with Crippen molar-refractivity contribution < 1.29 is 33.0 Å². The highest BCUT2D eigenvalue weighted by atomic mass is 33.1. The van der Waals surface area contributed by atoms with Crippen LogP contribution >= 0.6 is 29.3 Å². The van der Waals surface area contributed by atoms with E-state index in [0.717, 1.165) is 12.2 Å². The summed E-state index contributed by atoms with van der Waals surface area (Å²) in [5.74, 6) is 0.753. The predicted octanol–water partition coefficient (Wildman–Crippen LogP) is 3.96. The Morgan fingerprint density at radius 1 is 1.24 bits per heavy atom. The number of hydrogen-bond donors (Lipinski definition) is 3. The molecule has 3 heterocycles. The zero-order valence-electron chi connectivity index (χ0n) is 23.2. The van der Waals surface area contributed by atoms with E-state index in [0.29, 0.717) is 11.2 Å². The minimum absolute atomic E-state index is 0.229. The summed E-state index contributed by atoms with van der Waals surface area (Å²) < 4.78 is 38.6. The third kappa shape index (κ3) is 7.92. The van der Waals surface area contributed by atoms with Crippen molar-refractivity contribution in [1.82, 2.24) is 24.6 Å². The smallest absolute Gasteiger partial charge is 0.459 e. The molecular weight excluding hydrogens is 591 g/mol. The van der Waals surface area contributed by atoms with E-state index in [-0.39, 0.29) is 24.3 Å². The van der Waals surface area contributed by atoms with Crippen molar-refractivity contribution in [3.63, 3.8) is 0 Å². The van der Waals surface area contributed by atoms with Gasteiger partial charge in [0.1, 0.15) is 29.7 Å². The van der Waals surface area contributed by atoms with Crippen LogP contribution in [0.5, 0.6) is 5.75 Å². The van der Waals surface area contributed by atoms with Crippen molar-refractivity contribution in [3.05, 3.63) is 43.0 Å². The quantitative estimate of drug-likeness (QED) is 0.102. The van der Waals surface area contributed by atoms with E-state index in [1.165, 1.54) is 24.0 Å². The minimum Gasteiger partial charge on any atom is -0.462 e. The Kier molecular flexibility index (Phi) is 10.9. The number of aliphatic hydroxyl groups is 1. The Balaban J connectivity index is 1.55. The standard InChI is InChI=1S/C25H35N6O7PS2/c1-5-11-40-41-21-20(32)18(37-24(21)31-14-29-19-22(26)27-13-28-23(19)31)12-35-39(34,38-17-9-7-6-8-10-17)30-16(4)25(33)36-15(2)3/h6-10,13-16,18,20-21,24,32H,5,11-12H2,1-4H3,(H,30,34)(H2,26,27,28)/t16-,18+,20-,21?,24+,39?/m0/s1. The number of nitrogens with two attached hydrogens (primary N) is 1. The largest absolute Gasteiger partial charge is 0.462 e. The van der Waals surface area contributed by atoms with Crippen molar-refractivity contribution in [2.24, 2.45) is 0 Å². The van der Waals surface area contributed by atoms with Gasteiger partial charge < -0.3 is 24.8 Å². The molecule has 4 N–H and O–H groups in total. The topological polar surface area (TPSA) is 173 Å². The van der Waals surface area contributed by atoms with Crippen LogP contribution in [-0.2, 0) is 23.4 Å². The number of rotatable bonds is 14. The Labute approximate surface area is 246 Å². The third-order valence-corrected chi connectivity index (χ3v) is 10.5. The Bertz CT molecular complexity index is 1350. The predicted molar refractivity (Wildman–Crippen MR) is 158 cm³/mol. The maximum atomic E-state index is 13.9. The lowest BCUT2D eigenvalue weighted by Crippen LogP contribution is -2.37. The highest BCUT2D eigenvalue weighted by molar-refractivity contribution is 8.77. The van der Waals surface area contributed by atoms with Crippen molar-refractivity contribution in [1.29, 1.82) is 0 Å². The molecule has 16 heteroatoms. The van der Waals surface area contributed by atoms with E-state index in [4.69, 9.17) is 24.3 Å². The van der Waals surface area contributed by atoms with E-state index >= 15 is 0 Å². The Morgan fingerprint density at radius 3 is 2.71 bits per heavy atom. The van der Waals surface area contributed by atoms with E-state index in [1.807, 2.05) is 0 Å². The molecule has 3 aromatic rings. The second kappa shape index (κ2) is 14.2. The number of anilines is 1. The summed E-state index contributed by atoms with van der Waals surface area (Å²) >= 11 is 0. The van der Waals surface area contributed by atoms with Crippen LogP contribution in [0.3, 0.4) is 0 Å². The number of aliphatic hydroxyl groups excluding tert-OH is 1. The van der Waals surface area contributed by atoms with Gasteiger partial charge in [-0.05, 0) is 39.3 Å². The number of fused-ring (bicyclic) bond motifs is 1. The lowest BCUT2D eigenvalue weighted by molar-refractivity contribution is -0.149. The van der Waals surface area contributed by atoms with Gasteiger partial charge in [0.2, 0.25) is 0 Å². The number of carbonyl (C=O) groups is 1. The van der Waals surface area contributed by atoms with Crippen LogP contribution < -0.4 is 15.3 Å². The van der Waals surface area contributed by atoms with Crippen molar-refractivity contribution in [3.8, 4) is 5.75 Å². The zero-order chi connectivity index (χ0) is 29.6. The highest BCUT2D eigenvalue weighted by Crippen LogP contribution is 2.48. The zero-order valence-corrected chi connectivity index (χ0v) is 25.7. The van der Waals surface area contributed by atoms with E-state index < -0.39 is 43.4 Å². The van der Waals surface area contributed by atoms with Crippen LogP contribution in [0.4, 0.5) is 5.82 Å². The molecule has 0 saturated carbocycles. The van der Waals surface area contributed by atoms with Gasteiger partial charge in [0.05, 0.1) is 30.4 Å². The Hall–Kier alpha value is -2.39. The number of ether oxygens (including phenoxy) is 2. The fourth-order valence-electron chi connectivity index (χ4n) is 3.96. The molecule has 1 saturated heterocycles. The fourth-order valence-corrected chi connectivity index (χ4v) is 8.34. The first-order valence-corrected chi connectivity index (χ1v) is 17.1. The van der Waals surface area contributed by atoms with E-state index in [2.05, 4.69) is 27.0 Å². The third-order valence-electron chi connectivity index (χ3n) is 5.88. The molecule has 0 spiro atoms. The maximum Gasteiger partial charge on any atom is 0.459 e. The van der Waals surface area contributed by atoms with Crippen LogP contribution in [0.15, 0.2) is 43.0 Å². The van der Waals surface area contributed by atoms with Gasteiger partial charge in [-0.1, -0.05) is 46.7 Å². The normalized spacial score (nSPS) is 23.0. The van der Waals surface area contributed by atoms with Gasteiger partial charge >= 0.3 is 13.7 Å². The molecule has 4 rings (SSSR count). The molecule has 0 bridgehead atoms. The first kappa shape index (κ1) is 31.5. The molecule has 13 nitrogen and oxygen atoms in total. The molecular formula is C25H35N6O7PS2. The summed E-state index contributed by atoms with van der Waals surface area (Å²) in [6.07, 6.45) is 0.879. The van der Waals surface area contributed by atoms with Gasteiger partial charge in [-0.2, -0.15) is 5.09 Å². The van der Waals surface area contributed by atoms with Gasteiger partial charge in [-0.3, -0.25) is 13.9 Å². The van der Waals surface area contributed by atoms with Crippen LogP contribution in [0.25, 0.3) is 11.2 Å². The van der Waals surface area contributed by atoms with Crippen molar-refractivity contribution in [2.75, 3.05) is 18.1 Å². The van der Waals surface area contributed by atoms with Gasteiger partial charge in [0.25, 0.3) is 0 Å². The lowest BCUT2D eigenvalue weighted by atomic mass is 10.2. The number of nitrogens with one attached hydrogen (secondary N) is 1. The number of esters is 1. The minimum atomic E-state index is -4.16. The summed E-state index contributed by atoms with van der Waals surface area (Å²) in [6, 6.07) is 7.43. The fraction of sp³-hybridized carbons (Fsp3) is 0.520. The number of benzene rings is 1. The SMILES string of the molecule is CCCSSC1[C@@H](O)[C@@H](COP(=O)(N[C@@H](C)C(=O)OC(C)C)Oc2ccccc2)O[C@H]1n1cnc2c(N)ncnc21. The summed E-state index contributed by atoms with van der Waals surface area (Å²) in [6.45, 7) is 6.70. The van der Waals surface area contributed by atoms with Gasteiger partial charge in [-0.15, -0.1) is 0 Å². The number of carbonyl (C=O) groups excluding carboxylic acids is 1. The number of para-hydroxylation sites is 1. The summed E-state index contributed by atoms with van der Waals surface area (Å²) in [4.78, 5) is 25.1. The molecule has 41 heavy (non-hydrogen) atoms. The number of imidazole rings is 1. The number of aromatic nitrogens is 4. The van der Waals surface area contributed by atoms with Crippen LogP contribution in [0.1, 0.15) is 40.3 Å². The molecule has 2 aromatic heterocycles. The summed E-state index contributed by atoms with van der Waals surface area (Å²) in [5, 5.41) is 13.5. The summed E-state index contributed by atoms with van der Waals surface area (Å²) in [5.41, 5.74) is 6.85. The molecule has 2 unspecified atom stereocenters. The van der Waals surface area contributed by atoms with Gasteiger partial charge in [0.15, 0.2) is 17.7 Å². The molecule has 1 aliphatic rings. The first-order chi connectivity index (χ1) is 19.6. The number of nitrogen functional groups attached to an aromatic ring is 1. The second-order valence-corrected chi connectivity index (χ2v) is 13.9. The molecule has 0 amide bonds. The van der Waals surface area contributed by atoms with Crippen molar-refractivity contribution in [2.45, 2.75) is 69.9 Å². The molecule has 1 fully saturated rings. The van der Waals surface area contributed by atoms with Gasteiger partial charge in [-0.25, -0.2) is 19.5 Å². The number of nitrogens with zero attached hydrogens (tertiary/aromatic N) is 4. The molecule has 224 valence electrons. The molecule has 1 aliphatic heterocycles. The lowest BCUT2D eigenvalue weighted by Gasteiger charge is -2.25. The average Bonchev–Trinajstić information content (AvgIpc) is 3.49. The monoisotopic (exact) mass is 626 g/mol.